The zero-order valence-corrected chi connectivity index (χ0v) is 11.9. The fourth-order valence-electron chi connectivity index (χ4n) is 1.95. The molecule has 0 spiro atoms. The van der Waals surface area contributed by atoms with E-state index in [1.165, 1.54) is 38.8 Å². The summed E-state index contributed by atoms with van der Waals surface area (Å²) in [6.45, 7) is 12.4. The maximum Gasteiger partial charge on any atom is 0.0278 e. The van der Waals surface area contributed by atoms with Gasteiger partial charge in [-0.1, -0.05) is 40.5 Å². The van der Waals surface area contributed by atoms with E-state index in [1.807, 2.05) is 0 Å². The molecule has 0 aromatic carbocycles. The van der Waals surface area contributed by atoms with Gasteiger partial charge in [-0.2, -0.15) is 0 Å². The van der Waals surface area contributed by atoms with E-state index in [2.05, 4.69) is 32.6 Å². The first kappa shape index (κ1) is 15.9. The van der Waals surface area contributed by atoms with Crippen molar-refractivity contribution < 1.29 is 0 Å². The van der Waals surface area contributed by atoms with Gasteiger partial charge in [-0.3, -0.25) is 0 Å². The van der Waals surface area contributed by atoms with Crippen LogP contribution in [-0.2, 0) is 0 Å². The van der Waals surface area contributed by atoms with Crippen LogP contribution >= 0.6 is 0 Å². The summed E-state index contributed by atoms with van der Waals surface area (Å²) in [5.41, 5.74) is 6.43. The number of nitrogens with two attached hydrogens (primary N) is 1. The predicted octanol–water partition coefficient (Wildman–Crippen LogP) is 3.41. The minimum absolute atomic E-state index is 0.0292. The maximum absolute atomic E-state index is 6.40. The van der Waals surface area contributed by atoms with Gasteiger partial charge < -0.3 is 10.6 Å². The Balaban J connectivity index is 4.15. The molecule has 0 aliphatic rings. The van der Waals surface area contributed by atoms with Crippen LogP contribution < -0.4 is 5.73 Å². The molecular weight excluding hydrogens is 196 g/mol. The molecule has 2 heteroatoms. The van der Waals surface area contributed by atoms with Crippen LogP contribution in [0.1, 0.15) is 66.2 Å². The molecule has 0 rings (SSSR count). The number of nitrogens with zero attached hydrogens (tertiary/aromatic N) is 1. The van der Waals surface area contributed by atoms with Gasteiger partial charge in [0.15, 0.2) is 0 Å². The first-order valence-electron chi connectivity index (χ1n) is 7.13. The summed E-state index contributed by atoms with van der Waals surface area (Å²) in [4.78, 5) is 2.57. The maximum atomic E-state index is 6.40. The Morgan fingerprint density at radius 3 is 1.62 bits per heavy atom. The Hall–Kier alpha value is -0.0800. The van der Waals surface area contributed by atoms with Crippen molar-refractivity contribution in [2.24, 2.45) is 5.73 Å². The molecular formula is C14H32N2. The van der Waals surface area contributed by atoms with Gasteiger partial charge in [0.05, 0.1) is 0 Å². The molecule has 2 N–H and O–H groups in total. The Labute approximate surface area is 103 Å². The van der Waals surface area contributed by atoms with Crippen LogP contribution in [0.4, 0.5) is 0 Å². The van der Waals surface area contributed by atoms with Crippen LogP contribution in [0.3, 0.4) is 0 Å². The highest BCUT2D eigenvalue weighted by Crippen LogP contribution is 2.14. The van der Waals surface area contributed by atoms with Gasteiger partial charge in [-0.05, 0) is 38.8 Å². The monoisotopic (exact) mass is 228 g/mol. The molecule has 0 bridgehead atoms. The highest BCUT2D eigenvalue weighted by Gasteiger charge is 2.23. The van der Waals surface area contributed by atoms with Crippen molar-refractivity contribution in [2.75, 3.05) is 19.6 Å². The Morgan fingerprint density at radius 1 is 0.875 bits per heavy atom. The summed E-state index contributed by atoms with van der Waals surface area (Å²) >= 11 is 0. The topological polar surface area (TPSA) is 29.3 Å². The smallest absolute Gasteiger partial charge is 0.0278 e. The molecule has 0 fully saturated rings. The summed E-state index contributed by atoms with van der Waals surface area (Å²) < 4.78 is 0. The van der Waals surface area contributed by atoms with Crippen LogP contribution in [-0.4, -0.2) is 30.1 Å². The van der Waals surface area contributed by atoms with Crippen LogP contribution in [0.15, 0.2) is 0 Å². The average Bonchev–Trinajstić information content (AvgIpc) is 2.32. The Morgan fingerprint density at radius 2 is 1.31 bits per heavy atom. The van der Waals surface area contributed by atoms with Crippen LogP contribution in [0, 0.1) is 0 Å². The number of hydrogen-bond donors (Lipinski definition) is 1. The second-order valence-corrected chi connectivity index (χ2v) is 5.05. The van der Waals surface area contributed by atoms with E-state index >= 15 is 0 Å². The van der Waals surface area contributed by atoms with Crippen molar-refractivity contribution >= 4 is 0 Å². The van der Waals surface area contributed by atoms with Crippen molar-refractivity contribution in [1.29, 1.82) is 0 Å². The van der Waals surface area contributed by atoms with Crippen molar-refractivity contribution in [3.05, 3.63) is 0 Å². The third-order valence-electron chi connectivity index (χ3n) is 3.60. The molecule has 16 heavy (non-hydrogen) atoms. The quantitative estimate of drug-likeness (QED) is 0.621. The molecule has 0 atom stereocenters. The second-order valence-electron chi connectivity index (χ2n) is 5.05. The van der Waals surface area contributed by atoms with E-state index in [1.54, 1.807) is 0 Å². The molecule has 0 aromatic heterocycles. The molecule has 0 unspecified atom stereocenters. The number of unbranched alkanes of at least 4 members (excludes halogenated alkanes) is 2. The molecule has 98 valence electrons. The summed E-state index contributed by atoms with van der Waals surface area (Å²) in [7, 11) is 0. The average molecular weight is 228 g/mol. The van der Waals surface area contributed by atoms with Crippen molar-refractivity contribution in [3.8, 4) is 0 Å². The highest BCUT2D eigenvalue weighted by atomic mass is 15.1. The fraction of sp³-hybridized carbons (Fsp3) is 1.00. The molecule has 0 aliphatic heterocycles. The van der Waals surface area contributed by atoms with Gasteiger partial charge in [0.25, 0.3) is 0 Å². The Bertz CT molecular complexity index is 145. The predicted molar refractivity (Wildman–Crippen MR) is 73.8 cm³/mol. The molecule has 0 radical (unpaired) electrons. The first-order valence-corrected chi connectivity index (χ1v) is 7.13. The number of rotatable bonds is 10. The van der Waals surface area contributed by atoms with Crippen LogP contribution in [0.2, 0.25) is 0 Å². The molecule has 0 saturated carbocycles. The van der Waals surface area contributed by atoms with E-state index < -0.39 is 0 Å². The molecule has 0 heterocycles. The molecule has 0 aliphatic carbocycles. The van der Waals surface area contributed by atoms with Gasteiger partial charge in [0.2, 0.25) is 0 Å². The third kappa shape index (κ3) is 6.49. The summed E-state index contributed by atoms with van der Waals surface area (Å²) in [5, 5.41) is 0. The second kappa shape index (κ2) is 9.00. The summed E-state index contributed by atoms with van der Waals surface area (Å²) in [6, 6.07) is 0. The highest BCUT2D eigenvalue weighted by molar-refractivity contribution is 4.84. The van der Waals surface area contributed by atoms with E-state index in [9.17, 15) is 0 Å². The van der Waals surface area contributed by atoms with Gasteiger partial charge in [-0.15, -0.1) is 0 Å². The molecule has 0 saturated heterocycles. The largest absolute Gasteiger partial charge is 0.324 e. The van der Waals surface area contributed by atoms with Gasteiger partial charge in [0.1, 0.15) is 0 Å². The molecule has 0 amide bonds. The first-order chi connectivity index (χ1) is 7.61. The standard InChI is InChI=1S/C14H32N2/c1-5-9-11-16(12-10-6-2)13-14(15,7-3)8-4/h5-13,15H2,1-4H3. The van der Waals surface area contributed by atoms with Gasteiger partial charge in [0, 0.05) is 12.1 Å². The fourth-order valence-corrected chi connectivity index (χ4v) is 1.95. The third-order valence-corrected chi connectivity index (χ3v) is 3.60. The summed E-state index contributed by atoms with van der Waals surface area (Å²) in [6.07, 6.45) is 7.31. The number of hydrogen-bond acceptors (Lipinski definition) is 2. The zero-order chi connectivity index (χ0) is 12.4. The lowest BCUT2D eigenvalue weighted by molar-refractivity contribution is 0.194. The van der Waals surface area contributed by atoms with Crippen molar-refractivity contribution in [3.63, 3.8) is 0 Å². The Kier molecular flexibility index (Phi) is 8.96. The lowest BCUT2D eigenvalue weighted by Crippen LogP contribution is -2.49. The zero-order valence-electron chi connectivity index (χ0n) is 11.9. The van der Waals surface area contributed by atoms with Gasteiger partial charge in [-0.25, -0.2) is 0 Å². The SMILES string of the molecule is CCCCN(CCCC)CC(N)(CC)CC. The van der Waals surface area contributed by atoms with Crippen molar-refractivity contribution in [1.82, 2.24) is 4.90 Å². The van der Waals surface area contributed by atoms with Gasteiger partial charge >= 0.3 is 0 Å². The van der Waals surface area contributed by atoms with Crippen LogP contribution in [0.25, 0.3) is 0 Å². The van der Waals surface area contributed by atoms with E-state index in [0.29, 0.717) is 0 Å². The molecule has 0 aromatic rings. The lowest BCUT2D eigenvalue weighted by Gasteiger charge is -2.34. The minimum atomic E-state index is 0.0292. The molecule has 2 nitrogen and oxygen atoms in total. The lowest BCUT2D eigenvalue weighted by atomic mass is 9.93. The van der Waals surface area contributed by atoms with Crippen molar-refractivity contribution in [2.45, 2.75) is 71.8 Å². The normalized spacial score (nSPS) is 12.4. The summed E-state index contributed by atoms with van der Waals surface area (Å²) in [5.74, 6) is 0. The van der Waals surface area contributed by atoms with Crippen LogP contribution in [0.5, 0.6) is 0 Å². The van der Waals surface area contributed by atoms with E-state index in [4.69, 9.17) is 5.73 Å². The van der Waals surface area contributed by atoms with E-state index in [0.717, 1.165) is 19.4 Å². The minimum Gasteiger partial charge on any atom is -0.324 e. The van der Waals surface area contributed by atoms with E-state index in [-0.39, 0.29) is 5.54 Å².